The van der Waals surface area contributed by atoms with E-state index in [1.54, 1.807) is 22.1 Å². The SMILES string of the molecule is CC(C)c1cccc(C(C)C)c1N1[C@H]2CC(C)(C)c3cc(C(C)(C)C)cc(C(C)(C)C)c3[P@]2CC[C@@H]1C. The van der Waals surface area contributed by atoms with E-state index in [9.17, 15) is 0 Å². The lowest BCUT2D eigenvalue weighted by atomic mass is 9.73. The minimum absolute atomic E-state index is 0.137. The Morgan fingerprint density at radius 3 is 1.95 bits per heavy atom. The summed E-state index contributed by atoms with van der Waals surface area (Å²) in [7, 11) is -0.281. The summed E-state index contributed by atoms with van der Waals surface area (Å²) in [5, 5.41) is 1.75. The Hall–Kier alpha value is -1.33. The van der Waals surface area contributed by atoms with Crippen molar-refractivity contribution in [3.63, 3.8) is 0 Å². The van der Waals surface area contributed by atoms with E-state index in [-0.39, 0.29) is 24.2 Å². The van der Waals surface area contributed by atoms with Crippen LogP contribution >= 0.6 is 7.92 Å². The molecule has 2 aromatic rings. The normalized spacial score (nSPS) is 23.9. The van der Waals surface area contributed by atoms with Gasteiger partial charge in [0.2, 0.25) is 0 Å². The van der Waals surface area contributed by atoms with Gasteiger partial charge in [-0.05, 0) is 87.1 Å². The van der Waals surface area contributed by atoms with E-state index in [1.165, 1.54) is 35.7 Å². The van der Waals surface area contributed by atoms with Crippen LogP contribution in [0, 0.1) is 0 Å². The second-order valence-corrected chi connectivity index (χ2v) is 17.8. The minimum Gasteiger partial charge on any atom is -0.361 e. The highest BCUT2D eigenvalue weighted by Gasteiger charge is 2.48. The van der Waals surface area contributed by atoms with Crippen LogP contribution in [0.2, 0.25) is 0 Å². The molecule has 3 atom stereocenters. The van der Waals surface area contributed by atoms with Gasteiger partial charge in [-0.25, -0.2) is 0 Å². The smallest absolute Gasteiger partial charge is 0.0540 e. The van der Waals surface area contributed by atoms with Crippen molar-refractivity contribution >= 4 is 18.9 Å². The molecule has 2 aliphatic heterocycles. The Balaban J connectivity index is 2.00. The van der Waals surface area contributed by atoms with Crippen molar-refractivity contribution < 1.29 is 0 Å². The van der Waals surface area contributed by atoms with E-state index in [4.69, 9.17) is 0 Å². The molecular formula is C35H54NP. The van der Waals surface area contributed by atoms with Crippen LogP contribution in [0.15, 0.2) is 30.3 Å². The number of anilines is 1. The van der Waals surface area contributed by atoms with E-state index < -0.39 is 0 Å². The van der Waals surface area contributed by atoms with Gasteiger partial charge in [0.25, 0.3) is 0 Å². The van der Waals surface area contributed by atoms with E-state index >= 15 is 0 Å². The number of rotatable bonds is 3. The lowest BCUT2D eigenvalue weighted by molar-refractivity contribution is 0.423. The van der Waals surface area contributed by atoms with Gasteiger partial charge in [-0.1, -0.05) is 121 Å². The lowest BCUT2D eigenvalue weighted by Gasteiger charge is -2.55. The summed E-state index contributed by atoms with van der Waals surface area (Å²) in [5.41, 5.74) is 9.88. The van der Waals surface area contributed by atoms with Crippen LogP contribution in [-0.4, -0.2) is 18.0 Å². The Morgan fingerprint density at radius 2 is 1.46 bits per heavy atom. The highest BCUT2D eigenvalue weighted by molar-refractivity contribution is 7.66. The number of hydrogen-bond donors (Lipinski definition) is 0. The van der Waals surface area contributed by atoms with Crippen molar-refractivity contribution in [2.75, 3.05) is 11.1 Å². The maximum atomic E-state index is 2.95. The highest BCUT2D eigenvalue weighted by atomic mass is 31.1. The van der Waals surface area contributed by atoms with Crippen LogP contribution in [0.5, 0.6) is 0 Å². The minimum atomic E-state index is -0.281. The predicted molar refractivity (Wildman–Crippen MR) is 168 cm³/mol. The molecule has 2 aromatic carbocycles. The molecule has 2 heterocycles. The monoisotopic (exact) mass is 519 g/mol. The van der Waals surface area contributed by atoms with Gasteiger partial charge in [0, 0.05) is 11.7 Å². The van der Waals surface area contributed by atoms with E-state index in [1.807, 2.05) is 0 Å². The topological polar surface area (TPSA) is 3.24 Å². The molecular weight excluding hydrogens is 465 g/mol. The molecule has 0 radical (unpaired) electrons. The molecule has 0 aliphatic carbocycles. The predicted octanol–water partition coefficient (Wildman–Crippen LogP) is 9.94. The van der Waals surface area contributed by atoms with Crippen LogP contribution < -0.4 is 10.2 Å². The van der Waals surface area contributed by atoms with Crippen molar-refractivity contribution in [3.05, 3.63) is 58.1 Å². The number of para-hydroxylation sites is 1. The molecule has 0 saturated carbocycles. The first-order chi connectivity index (χ1) is 16.9. The molecule has 2 heteroatoms. The summed E-state index contributed by atoms with van der Waals surface area (Å²) in [6.07, 6.45) is 3.90. The lowest BCUT2D eigenvalue weighted by Crippen LogP contribution is -2.54. The van der Waals surface area contributed by atoms with Gasteiger partial charge in [0.1, 0.15) is 0 Å². The number of hydrogen-bond acceptors (Lipinski definition) is 1. The van der Waals surface area contributed by atoms with Crippen LogP contribution in [0.4, 0.5) is 5.69 Å². The average Bonchev–Trinajstić information content (AvgIpc) is 2.76. The molecule has 0 bridgehead atoms. The number of benzene rings is 2. The maximum absolute atomic E-state index is 2.95. The van der Waals surface area contributed by atoms with Gasteiger partial charge in [0.05, 0.1) is 5.78 Å². The van der Waals surface area contributed by atoms with Crippen LogP contribution in [0.25, 0.3) is 0 Å². The fraction of sp³-hybridized carbons (Fsp3) is 0.657. The molecule has 0 N–H and O–H groups in total. The molecule has 2 aliphatic rings. The maximum Gasteiger partial charge on any atom is 0.0540 e. The number of nitrogens with zero attached hydrogens (tertiary/aromatic N) is 1. The third kappa shape index (κ3) is 5.16. The van der Waals surface area contributed by atoms with E-state index in [0.29, 0.717) is 23.7 Å². The second-order valence-electron chi connectivity index (χ2n) is 15.3. The van der Waals surface area contributed by atoms with E-state index in [2.05, 4.69) is 125 Å². The first-order valence-corrected chi connectivity index (χ1v) is 16.4. The van der Waals surface area contributed by atoms with Crippen molar-refractivity contribution in [2.45, 2.75) is 143 Å². The van der Waals surface area contributed by atoms with Gasteiger partial charge < -0.3 is 4.90 Å². The number of fused-ring (bicyclic) bond motifs is 3. The zero-order chi connectivity index (χ0) is 27.7. The molecule has 4 rings (SSSR count). The first-order valence-electron chi connectivity index (χ1n) is 14.8. The van der Waals surface area contributed by atoms with Gasteiger partial charge in [-0.3, -0.25) is 0 Å². The van der Waals surface area contributed by atoms with Gasteiger partial charge in [-0.15, -0.1) is 0 Å². The Morgan fingerprint density at radius 1 is 0.892 bits per heavy atom. The molecule has 0 aromatic heterocycles. The Kier molecular flexibility index (Phi) is 7.51. The van der Waals surface area contributed by atoms with Crippen molar-refractivity contribution in [1.82, 2.24) is 0 Å². The molecule has 0 unspecified atom stereocenters. The van der Waals surface area contributed by atoms with Crippen molar-refractivity contribution in [3.8, 4) is 0 Å². The Bertz CT molecular complexity index is 1100. The first kappa shape index (κ1) is 28.7. The summed E-state index contributed by atoms with van der Waals surface area (Å²) in [6, 6.07) is 12.9. The van der Waals surface area contributed by atoms with Gasteiger partial charge in [0.15, 0.2) is 0 Å². The van der Waals surface area contributed by atoms with Gasteiger partial charge in [-0.2, -0.15) is 0 Å². The van der Waals surface area contributed by atoms with E-state index in [0.717, 1.165) is 0 Å². The van der Waals surface area contributed by atoms with Crippen molar-refractivity contribution in [2.24, 2.45) is 0 Å². The molecule has 204 valence electrons. The van der Waals surface area contributed by atoms with Crippen LogP contribution in [0.1, 0.15) is 143 Å². The molecule has 0 spiro atoms. The third-order valence-electron chi connectivity index (χ3n) is 9.04. The zero-order valence-corrected chi connectivity index (χ0v) is 27.1. The van der Waals surface area contributed by atoms with Crippen LogP contribution in [0.3, 0.4) is 0 Å². The van der Waals surface area contributed by atoms with Crippen LogP contribution in [-0.2, 0) is 16.2 Å². The second kappa shape index (κ2) is 9.70. The molecule has 1 fully saturated rings. The summed E-state index contributed by atoms with van der Waals surface area (Å²) in [4.78, 5) is 2.95. The fourth-order valence-corrected chi connectivity index (χ4v) is 10.9. The largest absolute Gasteiger partial charge is 0.361 e. The highest BCUT2D eigenvalue weighted by Crippen LogP contribution is 2.60. The quantitative estimate of drug-likeness (QED) is 0.365. The Labute approximate surface area is 230 Å². The summed E-state index contributed by atoms with van der Waals surface area (Å²) in [5.74, 6) is 1.65. The summed E-state index contributed by atoms with van der Waals surface area (Å²) >= 11 is 0. The zero-order valence-electron chi connectivity index (χ0n) is 26.2. The fourth-order valence-electron chi connectivity index (χ4n) is 6.74. The summed E-state index contributed by atoms with van der Waals surface area (Å²) in [6.45, 7) is 31.6. The molecule has 37 heavy (non-hydrogen) atoms. The standard InChI is InChI=1S/C35H54NP/c1-22(2)26-15-14-16-27(23(3)4)31(26)36-24(5)17-18-37-30(36)21-35(12,13)29-20-25(33(6,7)8)19-28(32(29)37)34(9,10)11/h14-16,19-20,22-24,30H,17-18,21H2,1-13H3/t24-,30+,37+/m0/s1. The van der Waals surface area contributed by atoms with Gasteiger partial charge >= 0.3 is 0 Å². The summed E-state index contributed by atoms with van der Waals surface area (Å²) < 4.78 is 0. The third-order valence-corrected chi connectivity index (χ3v) is 12.0. The van der Waals surface area contributed by atoms with Crippen molar-refractivity contribution in [1.29, 1.82) is 0 Å². The molecule has 1 nitrogen and oxygen atoms in total. The molecule has 0 amide bonds. The average molecular weight is 520 g/mol. The molecule has 1 saturated heterocycles.